The smallest absolute Gasteiger partial charge is 0.368 e. The molecule has 164 valence electrons. The Morgan fingerprint density at radius 2 is 2.10 bits per heavy atom. The van der Waals surface area contributed by atoms with Crippen molar-refractivity contribution in [3.8, 4) is 6.07 Å². The number of hydrogen-bond donors (Lipinski definition) is 2. The molecule has 2 aliphatic heterocycles. The molecule has 31 heavy (non-hydrogen) atoms. The second kappa shape index (κ2) is 8.71. The van der Waals surface area contributed by atoms with E-state index in [1.807, 2.05) is 0 Å². The lowest BCUT2D eigenvalue weighted by Crippen LogP contribution is -2.57. The zero-order chi connectivity index (χ0) is 22.0. The third-order valence-corrected chi connectivity index (χ3v) is 6.09. The van der Waals surface area contributed by atoms with Crippen molar-refractivity contribution in [3.05, 3.63) is 36.0 Å². The van der Waals surface area contributed by atoms with E-state index >= 15 is 0 Å². The Kier molecular flexibility index (Phi) is 6.01. The van der Waals surface area contributed by atoms with E-state index in [4.69, 9.17) is 0 Å². The first-order chi connectivity index (χ1) is 14.9. The first-order valence-electron chi connectivity index (χ1n) is 10.5. The summed E-state index contributed by atoms with van der Waals surface area (Å²) in [5, 5.41) is 16.0. The molecule has 2 aromatic rings. The second-order valence-electron chi connectivity index (χ2n) is 8.23. The third kappa shape index (κ3) is 4.59. The number of carbonyl (C=O) groups excluding carboxylic acids is 1. The number of anilines is 1. The highest BCUT2D eigenvalue weighted by Gasteiger charge is 2.45. The summed E-state index contributed by atoms with van der Waals surface area (Å²) in [5.74, 6) is -1.80. The molecule has 3 unspecified atom stereocenters. The van der Waals surface area contributed by atoms with Crippen molar-refractivity contribution in [2.75, 3.05) is 24.5 Å². The molecular formula is C22H24F3N5O. The quantitative estimate of drug-likeness (QED) is 0.781. The molecule has 2 fully saturated rings. The number of rotatable bonds is 3. The Morgan fingerprint density at radius 3 is 2.81 bits per heavy atom. The molecule has 2 N–H and O–H groups in total. The largest absolute Gasteiger partial charge is 0.393 e. The van der Waals surface area contributed by atoms with Gasteiger partial charge in [-0.05, 0) is 50.1 Å². The number of hydrogen-bond acceptors (Lipinski definition) is 5. The van der Waals surface area contributed by atoms with Gasteiger partial charge in [-0.25, -0.2) is 0 Å². The van der Waals surface area contributed by atoms with Gasteiger partial charge >= 0.3 is 6.18 Å². The summed E-state index contributed by atoms with van der Waals surface area (Å²) >= 11 is 0. The fourth-order valence-electron chi connectivity index (χ4n) is 4.54. The first kappa shape index (κ1) is 21.4. The number of alkyl halides is 3. The number of nitriles is 1. The van der Waals surface area contributed by atoms with E-state index in [-0.39, 0.29) is 31.5 Å². The van der Waals surface area contributed by atoms with E-state index in [1.54, 1.807) is 35.4 Å². The van der Waals surface area contributed by atoms with Gasteiger partial charge in [0.15, 0.2) is 0 Å². The number of nitrogens with one attached hydrogen (secondary N) is 2. The number of amides is 1. The monoisotopic (exact) mass is 431 g/mol. The zero-order valence-electron chi connectivity index (χ0n) is 17.0. The highest BCUT2D eigenvalue weighted by Crippen LogP contribution is 2.37. The average molecular weight is 431 g/mol. The molecule has 4 rings (SSSR count). The number of piperidine rings is 2. The van der Waals surface area contributed by atoms with Gasteiger partial charge in [-0.15, -0.1) is 0 Å². The van der Waals surface area contributed by atoms with Gasteiger partial charge in [-0.2, -0.15) is 18.4 Å². The SMILES string of the molecule is N#Cc1ccc(N2CC(NC(=O)C3CCCCN3)CC(C(F)(F)F)C2)c2cccnc12. The first-order valence-corrected chi connectivity index (χ1v) is 10.5. The van der Waals surface area contributed by atoms with Crippen molar-refractivity contribution in [1.29, 1.82) is 5.26 Å². The Morgan fingerprint density at radius 1 is 1.26 bits per heavy atom. The van der Waals surface area contributed by atoms with Gasteiger partial charge in [-0.3, -0.25) is 9.78 Å². The van der Waals surface area contributed by atoms with Crippen LogP contribution in [0, 0.1) is 17.2 Å². The molecule has 0 aliphatic carbocycles. The number of benzene rings is 1. The summed E-state index contributed by atoms with van der Waals surface area (Å²) in [6, 6.07) is 7.81. The van der Waals surface area contributed by atoms with Gasteiger partial charge < -0.3 is 15.5 Å². The summed E-state index contributed by atoms with van der Waals surface area (Å²) in [6.07, 6.45) is -0.344. The molecular weight excluding hydrogens is 407 g/mol. The molecule has 0 radical (unpaired) electrons. The van der Waals surface area contributed by atoms with Crippen LogP contribution in [0.25, 0.3) is 10.9 Å². The highest BCUT2D eigenvalue weighted by molar-refractivity contribution is 5.95. The minimum absolute atomic E-state index is 0.148. The Labute approximate surface area is 178 Å². The van der Waals surface area contributed by atoms with E-state index in [9.17, 15) is 23.2 Å². The van der Waals surface area contributed by atoms with Crippen LogP contribution in [-0.2, 0) is 4.79 Å². The summed E-state index contributed by atoms with van der Waals surface area (Å²) < 4.78 is 41.2. The maximum Gasteiger partial charge on any atom is 0.393 e. The van der Waals surface area contributed by atoms with Gasteiger partial charge in [-0.1, -0.05) is 6.42 Å². The molecule has 1 aromatic carbocycles. The highest BCUT2D eigenvalue weighted by atomic mass is 19.4. The van der Waals surface area contributed by atoms with E-state index in [0.29, 0.717) is 28.6 Å². The van der Waals surface area contributed by atoms with E-state index in [2.05, 4.69) is 21.7 Å². The van der Waals surface area contributed by atoms with Gasteiger partial charge in [0.05, 0.1) is 23.0 Å². The molecule has 0 spiro atoms. The van der Waals surface area contributed by atoms with E-state index < -0.39 is 18.1 Å². The normalized spacial score (nSPS) is 24.6. The van der Waals surface area contributed by atoms with Crippen LogP contribution in [0.2, 0.25) is 0 Å². The molecule has 1 aromatic heterocycles. The molecule has 9 heteroatoms. The van der Waals surface area contributed by atoms with Crippen LogP contribution < -0.4 is 15.5 Å². The van der Waals surface area contributed by atoms with Gasteiger partial charge in [0.25, 0.3) is 0 Å². The van der Waals surface area contributed by atoms with Crippen LogP contribution in [-0.4, -0.2) is 48.8 Å². The number of pyridine rings is 1. The molecule has 0 bridgehead atoms. The van der Waals surface area contributed by atoms with Crippen molar-refractivity contribution >= 4 is 22.5 Å². The Balaban J connectivity index is 1.62. The molecule has 6 nitrogen and oxygen atoms in total. The molecule has 3 heterocycles. The number of halogens is 3. The summed E-state index contributed by atoms with van der Waals surface area (Å²) in [6.45, 7) is 0.804. The Hall–Kier alpha value is -2.86. The van der Waals surface area contributed by atoms with Crippen molar-refractivity contribution in [1.82, 2.24) is 15.6 Å². The van der Waals surface area contributed by atoms with Crippen LogP contribution in [0.4, 0.5) is 18.9 Å². The topological polar surface area (TPSA) is 81.0 Å². The molecule has 2 aliphatic rings. The van der Waals surface area contributed by atoms with Crippen LogP contribution >= 0.6 is 0 Å². The second-order valence-corrected chi connectivity index (χ2v) is 8.23. The fourth-order valence-corrected chi connectivity index (χ4v) is 4.54. The number of carbonyl (C=O) groups is 1. The van der Waals surface area contributed by atoms with Crippen molar-refractivity contribution < 1.29 is 18.0 Å². The third-order valence-electron chi connectivity index (χ3n) is 6.09. The van der Waals surface area contributed by atoms with E-state index in [0.717, 1.165) is 19.4 Å². The van der Waals surface area contributed by atoms with Crippen molar-refractivity contribution in [2.24, 2.45) is 5.92 Å². The van der Waals surface area contributed by atoms with Gasteiger partial charge in [0, 0.05) is 36.4 Å². The van der Waals surface area contributed by atoms with Gasteiger partial charge in [0.2, 0.25) is 5.91 Å². The lowest BCUT2D eigenvalue weighted by molar-refractivity contribution is -0.178. The molecule has 1 amide bonds. The van der Waals surface area contributed by atoms with Crippen LogP contribution in [0.3, 0.4) is 0 Å². The lowest BCUT2D eigenvalue weighted by Gasteiger charge is -2.41. The van der Waals surface area contributed by atoms with Crippen molar-refractivity contribution in [3.63, 3.8) is 0 Å². The maximum absolute atomic E-state index is 13.7. The van der Waals surface area contributed by atoms with Crippen LogP contribution in [0.15, 0.2) is 30.5 Å². The number of aromatic nitrogens is 1. The summed E-state index contributed by atoms with van der Waals surface area (Å²) in [7, 11) is 0. The average Bonchev–Trinajstić information content (AvgIpc) is 2.78. The zero-order valence-corrected chi connectivity index (χ0v) is 17.0. The van der Waals surface area contributed by atoms with Crippen molar-refractivity contribution in [2.45, 2.75) is 43.9 Å². The lowest BCUT2D eigenvalue weighted by atomic mass is 9.92. The molecule has 3 atom stereocenters. The minimum atomic E-state index is -4.37. The van der Waals surface area contributed by atoms with Crippen LogP contribution in [0.1, 0.15) is 31.2 Å². The summed E-state index contributed by atoms with van der Waals surface area (Å²) in [4.78, 5) is 18.6. The molecule has 0 saturated carbocycles. The van der Waals surface area contributed by atoms with Gasteiger partial charge in [0.1, 0.15) is 6.07 Å². The fraction of sp³-hybridized carbons (Fsp3) is 0.500. The Bertz CT molecular complexity index is 997. The minimum Gasteiger partial charge on any atom is -0.368 e. The molecule has 2 saturated heterocycles. The maximum atomic E-state index is 13.7. The number of nitrogens with zero attached hydrogens (tertiary/aromatic N) is 3. The summed E-state index contributed by atoms with van der Waals surface area (Å²) in [5.41, 5.74) is 1.42. The number of fused-ring (bicyclic) bond motifs is 1. The predicted molar refractivity (Wildman–Crippen MR) is 110 cm³/mol. The van der Waals surface area contributed by atoms with Crippen LogP contribution in [0.5, 0.6) is 0 Å². The predicted octanol–water partition coefficient (Wildman–Crippen LogP) is 3.12. The van der Waals surface area contributed by atoms with E-state index in [1.165, 1.54) is 0 Å². The standard InChI is InChI=1S/C22H24F3N5O/c23-22(24,25)15-10-16(29-21(31)18-5-1-2-8-27-18)13-30(12-15)19-7-6-14(11-26)20-17(19)4-3-9-28-20/h3-4,6-7,9,15-16,18,27H,1-2,5,8,10,12-13H2,(H,29,31).